The lowest BCUT2D eigenvalue weighted by Crippen LogP contribution is -2.23. The predicted molar refractivity (Wildman–Crippen MR) is 91.2 cm³/mol. The number of carbonyl (C=O) groups excluding carboxylic acids is 1. The highest BCUT2D eigenvalue weighted by atomic mass is 32.2. The highest BCUT2D eigenvalue weighted by molar-refractivity contribution is 7.85. The van der Waals surface area contributed by atoms with Gasteiger partial charge in [0.15, 0.2) is 0 Å². The molecule has 6 heteroatoms. The van der Waals surface area contributed by atoms with Crippen LogP contribution in [0.1, 0.15) is 43.9 Å². The Kier molecular flexibility index (Phi) is 6.13. The van der Waals surface area contributed by atoms with E-state index in [4.69, 9.17) is 0 Å². The highest BCUT2D eigenvalue weighted by Crippen LogP contribution is 2.32. The minimum atomic E-state index is -4.25. The Balaban J connectivity index is 3.15. The number of rotatable bonds is 6. The van der Waals surface area contributed by atoms with Gasteiger partial charge in [-0.05, 0) is 54.0 Å². The third kappa shape index (κ3) is 5.18. The molecule has 0 fully saturated rings. The summed E-state index contributed by atoms with van der Waals surface area (Å²) >= 11 is 0. The standard InChI is InChI=1S/C17H25NO4S/c1-6-16(19)18-11-7-8-13-12(2)15(23(20,21)22)10-9-14(13)17(3,4)5/h6,9-10H,1,7-8,11H2,2-5H3,(H,18,19)(H,20,21,22). The molecule has 0 heterocycles. The number of hydrogen-bond donors (Lipinski definition) is 2. The van der Waals surface area contributed by atoms with Gasteiger partial charge in [-0.1, -0.05) is 33.4 Å². The van der Waals surface area contributed by atoms with Gasteiger partial charge in [0, 0.05) is 6.54 Å². The lowest BCUT2D eigenvalue weighted by atomic mass is 9.81. The Labute approximate surface area is 138 Å². The predicted octanol–water partition coefficient (Wildman–Crippen LogP) is 2.77. The quantitative estimate of drug-likeness (QED) is 0.474. The zero-order valence-electron chi connectivity index (χ0n) is 14.1. The van der Waals surface area contributed by atoms with Gasteiger partial charge in [0.2, 0.25) is 5.91 Å². The van der Waals surface area contributed by atoms with Crippen LogP contribution in [-0.4, -0.2) is 25.4 Å². The van der Waals surface area contributed by atoms with Crippen molar-refractivity contribution in [1.82, 2.24) is 5.32 Å². The fourth-order valence-electron chi connectivity index (χ4n) is 2.59. The molecule has 0 unspecified atom stereocenters. The summed E-state index contributed by atoms with van der Waals surface area (Å²) in [5.74, 6) is -0.232. The summed E-state index contributed by atoms with van der Waals surface area (Å²) in [6.07, 6.45) is 2.49. The lowest BCUT2D eigenvalue weighted by Gasteiger charge is -2.25. The molecule has 0 aliphatic carbocycles. The monoisotopic (exact) mass is 339 g/mol. The lowest BCUT2D eigenvalue weighted by molar-refractivity contribution is -0.116. The number of hydrogen-bond acceptors (Lipinski definition) is 3. The summed E-state index contributed by atoms with van der Waals surface area (Å²) < 4.78 is 32.4. The van der Waals surface area contributed by atoms with Crippen LogP contribution in [0.25, 0.3) is 0 Å². The zero-order valence-corrected chi connectivity index (χ0v) is 15.0. The second-order valence-corrected chi connectivity index (χ2v) is 7.93. The van der Waals surface area contributed by atoms with Crippen molar-refractivity contribution in [2.24, 2.45) is 0 Å². The van der Waals surface area contributed by atoms with Gasteiger partial charge in [-0.25, -0.2) is 0 Å². The first kappa shape index (κ1) is 19.4. The van der Waals surface area contributed by atoms with Gasteiger partial charge in [0.25, 0.3) is 10.1 Å². The molecule has 0 aliphatic rings. The Bertz CT molecular complexity index is 700. The van der Waals surface area contributed by atoms with Crippen LogP contribution >= 0.6 is 0 Å². The minimum Gasteiger partial charge on any atom is -0.353 e. The maximum Gasteiger partial charge on any atom is 0.294 e. The minimum absolute atomic E-state index is 0.0596. The number of benzene rings is 1. The number of carbonyl (C=O) groups is 1. The second-order valence-electron chi connectivity index (χ2n) is 6.54. The van der Waals surface area contributed by atoms with Crippen LogP contribution in [0.4, 0.5) is 0 Å². The van der Waals surface area contributed by atoms with Gasteiger partial charge in [0.05, 0.1) is 4.90 Å². The molecule has 0 atom stereocenters. The van der Waals surface area contributed by atoms with E-state index in [1.165, 1.54) is 12.1 Å². The van der Waals surface area contributed by atoms with E-state index in [-0.39, 0.29) is 16.2 Å². The first-order chi connectivity index (χ1) is 10.5. The fourth-order valence-corrected chi connectivity index (χ4v) is 3.34. The molecule has 0 radical (unpaired) electrons. The third-order valence-corrected chi connectivity index (χ3v) is 4.72. The van der Waals surface area contributed by atoms with E-state index in [0.717, 1.165) is 11.1 Å². The van der Waals surface area contributed by atoms with Crippen molar-refractivity contribution in [1.29, 1.82) is 0 Å². The van der Waals surface area contributed by atoms with Gasteiger partial charge in [-0.15, -0.1) is 0 Å². The first-order valence-electron chi connectivity index (χ1n) is 7.49. The average Bonchev–Trinajstić information content (AvgIpc) is 2.41. The Morgan fingerprint density at radius 1 is 1.35 bits per heavy atom. The molecule has 0 aliphatic heterocycles. The highest BCUT2D eigenvalue weighted by Gasteiger charge is 2.23. The Morgan fingerprint density at radius 2 is 1.96 bits per heavy atom. The molecule has 2 N–H and O–H groups in total. The van der Waals surface area contributed by atoms with Crippen LogP contribution in [0.15, 0.2) is 29.7 Å². The summed E-state index contributed by atoms with van der Waals surface area (Å²) in [7, 11) is -4.25. The molecule has 0 aromatic heterocycles. The molecular weight excluding hydrogens is 314 g/mol. The third-order valence-electron chi connectivity index (χ3n) is 3.72. The van der Waals surface area contributed by atoms with E-state index < -0.39 is 10.1 Å². The van der Waals surface area contributed by atoms with Crippen molar-refractivity contribution in [3.05, 3.63) is 41.5 Å². The van der Waals surface area contributed by atoms with Crippen molar-refractivity contribution in [2.75, 3.05) is 6.54 Å². The summed E-state index contributed by atoms with van der Waals surface area (Å²) in [4.78, 5) is 11.1. The fraction of sp³-hybridized carbons (Fsp3) is 0.471. The molecule has 0 saturated heterocycles. The molecule has 1 aromatic carbocycles. The van der Waals surface area contributed by atoms with Crippen LogP contribution in [0.2, 0.25) is 0 Å². The van der Waals surface area contributed by atoms with E-state index in [1.54, 1.807) is 13.0 Å². The van der Waals surface area contributed by atoms with Gasteiger partial charge >= 0.3 is 0 Å². The van der Waals surface area contributed by atoms with Crippen LogP contribution in [0, 0.1) is 6.92 Å². The van der Waals surface area contributed by atoms with Crippen molar-refractivity contribution in [2.45, 2.75) is 50.8 Å². The number of amides is 1. The molecule has 5 nitrogen and oxygen atoms in total. The SMILES string of the molecule is C=CC(=O)NCCCc1c(C(C)(C)C)ccc(S(=O)(=O)O)c1C. The summed E-state index contributed by atoms with van der Waals surface area (Å²) in [6.45, 7) is 11.7. The van der Waals surface area contributed by atoms with Crippen LogP contribution in [0.5, 0.6) is 0 Å². The maximum atomic E-state index is 11.5. The molecule has 128 valence electrons. The molecule has 0 spiro atoms. The Hall–Kier alpha value is -1.66. The van der Waals surface area contributed by atoms with Crippen LogP contribution < -0.4 is 5.32 Å². The maximum absolute atomic E-state index is 11.5. The summed E-state index contributed by atoms with van der Waals surface area (Å²) in [5, 5.41) is 2.70. The van der Waals surface area contributed by atoms with Gasteiger partial charge in [0.1, 0.15) is 0 Å². The molecule has 0 bridgehead atoms. The topological polar surface area (TPSA) is 83.5 Å². The molecular formula is C17H25NO4S. The van der Waals surface area contributed by atoms with Crippen molar-refractivity contribution in [3.63, 3.8) is 0 Å². The van der Waals surface area contributed by atoms with Crippen molar-refractivity contribution < 1.29 is 17.8 Å². The first-order valence-corrected chi connectivity index (χ1v) is 8.93. The van der Waals surface area contributed by atoms with E-state index >= 15 is 0 Å². The van der Waals surface area contributed by atoms with Crippen molar-refractivity contribution in [3.8, 4) is 0 Å². The van der Waals surface area contributed by atoms with Gasteiger partial charge < -0.3 is 5.32 Å². The number of nitrogens with one attached hydrogen (secondary N) is 1. The van der Waals surface area contributed by atoms with Gasteiger partial charge in [-0.3, -0.25) is 9.35 Å². The van der Waals surface area contributed by atoms with Crippen LogP contribution in [-0.2, 0) is 26.7 Å². The largest absolute Gasteiger partial charge is 0.353 e. The smallest absolute Gasteiger partial charge is 0.294 e. The molecule has 0 saturated carbocycles. The molecule has 1 rings (SSSR count). The van der Waals surface area contributed by atoms with E-state index in [1.807, 2.05) is 0 Å². The Morgan fingerprint density at radius 3 is 2.43 bits per heavy atom. The molecule has 1 amide bonds. The molecule has 1 aromatic rings. The summed E-state index contributed by atoms with van der Waals surface area (Å²) in [6, 6.07) is 3.21. The van der Waals surface area contributed by atoms with E-state index in [2.05, 4.69) is 32.7 Å². The van der Waals surface area contributed by atoms with Crippen molar-refractivity contribution >= 4 is 16.0 Å². The molecule has 23 heavy (non-hydrogen) atoms. The van der Waals surface area contributed by atoms with E-state index in [0.29, 0.717) is 24.9 Å². The average molecular weight is 339 g/mol. The summed E-state index contributed by atoms with van der Waals surface area (Å²) in [5.41, 5.74) is 2.36. The van der Waals surface area contributed by atoms with Crippen LogP contribution in [0.3, 0.4) is 0 Å². The van der Waals surface area contributed by atoms with E-state index in [9.17, 15) is 17.8 Å². The normalized spacial score (nSPS) is 12.0. The second kappa shape index (κ2) is 7.27. The zero-order chi connectivity index (χ0) is 17.8. The van der Waals surface area contributed by atoms with Gasteiger partial charge in [-0.2, -0.15) is 8.42 Å².